The van der Waals surface area contributed by atoms with Crippen LogP contribution < -0.4 is 4.74 Å². The van der Waals surface area contributed by atoms with Crippen molar-refractivity contribution in [1.29, 1.82) is 0 Å². The number of nitrogens with zero attached hydrogens (tertiary/aromatic N) is 2. The topological polar surface area (TPSA) is 42.4 Å². The van der Waals surface area contributed by atoms with Crippen LogP contribution in [0.5, 0.6) is 5.75 Å². The fourth-order valence-electron chi connectivity index (χ4n) is 2.41. The number of thiazole rings is 1. The van der Waals surface area contributed by atoms with Gasteiger partial charge in [0.05, 0.1) is 16.8 Å². The van der Waals surface area contributed by atoms with Crippen molar-refractivity contribution >= 4 is 27.5 Å². The van der Waals surface area contributed by atoms with Crippen LogP contribution in [0.1, 0.15) is 16.1 Å². The van der Waals surface area contributed by atoms with E-state index in [1.54, 1.807) is 23.3 Å². The number of likely N-dealkylation sites (N-methyl/N-ethyl adjacent to an activating group) is 1. The Bertz CT molecular complexity index is 840. The minimum Gasteiger partial charge on any atom is -0.483 e. The Hall–Kier alpha value is -2.40. The first-order chi connectivity index (χ1) is 11.5. The number of aryl methyl sites for hydroxylation is 1. The molecule has 124 valence electrons. The molecule has 0 radical (unpaired) electrons. The minimum atomic E-state index is -0.0600. The molecule has 1 aromatic heterocycles. The molecule has 5 heteroatoms. The molecule has 0 saturated heterocycles. The number of rotatable bonds is 5. The smallest absolute Gasteiger partial charge is 0.260 e. The summed E-state index contributed by atoms with van der Waals surface area (Å²) < 4.78 is 6.83. The van der Waals surface area contributed by atoms with E-state index in [4.69, 9.17) is 4.74 Å². The summed E-state index contributed by atoms with van der Waals surface area (Å²) in [5.41, 5.74) is 3.20. The third-order valence-corrected chi connectivity index (χ3v) is 5.06. The lowest BCUT2D eigenvalue weighted by Gasteiger charge is -2.17. The van der Waals surface area contributed by atoms with E-state index in [-0.39, 0.29) is 12.5 Å². The molecule has 3 rings (SSSR count). The molecule has 1 heterocycles. The molecule has 0 aliphatic rings. The summed E-state index contributed by atoms with van der Waals surface area (Å²) in [7, 11) is 1.78. The van der Waals surface area contributed by atoms with Crippen molar-refractivity contribution in [2.24, 2.45) is 0 Å². The van der Waals surface area contributed by atoms with Gasteiger partial charge in [-0.1, -0.05) is 24.3 Å². The molecule has 3 aromatic rings. The normalized spacial score (nSPS) is 10.8. The van der Waals surface area contributed by atoms with Crippen LogP contribution in [0.15, 0.2) is 42.5 Å². The fourth-order valence-corrected chi connectivity index (χ4v) is 3.43. The molecule has 0 fully saturated rings. The summed E-state index contributed by atoms with van der Waals surface area (Å²) in [6, 6.07) is 13.9. The highest BCUT2D eigenvalue weighted by Gasteiger charge is 2.13. The van der Waals surface area contributed by atoms with Crippen molar-refractivity contribution in [2.75, 3.05) is 13.7 Å². The highest BCUT2D eigenvalue weighted by Crippen LogP contribution is 2.23. The van der Waals surface area contributed by atoms with Crippen molar-refractivity contribution in [3.05, 3.63) is 58.6 Å². The second-order valence-corrected chi connectivity index (χ2v) is 6.93. The van der Waals surface area contributed by atoms with Crippen molar-refractivity contribution in [3.63, 3.8) is 0 Å². The molecule has 1 amide bonds. The third kappa shape index (κ3) is 3.57. The van der Waals surface area contributed by atoms with Crippen molar-refractivity contribution in [1.82, 2.24) is 9.88 Å². The molecule has 24 heavy (non-hydrogen) atoms. The highest BCUT2D eigenvalue weighted by atomic mass is 32.1. The molecule has 0 saturated carbocycles. The molecular formula is C19H20N2O2S. The molecule has 0 aliphatic heterocycles. The van der Waals surface area contributed by atoms with Gasteiger partial charge < -0.3 is 9.64 Å². The molecule has 0 aliphatic carbocycles. The summed E-state index contributed by atoms with van der Waals surface area (Å²) in [5, 5.41) is 0.929. The van der Waals surface area contributed by atoms with Gasteiger partial charge >= 0.3 is 0 Å². The van der Waals surface area contributed by atoms with E-state index >= 15 is 0 Å². The average Bonchev–Trinajstić information content (AvgIpc) is 2.98. The number of amides is 1. The SMILES string of the molecule is Cc1cccc(OCC(=O)N(C)Cc2nc3ccccc3s2)c1C. The van der Waals surface area contributed by atoms with Gasteiger partial charge in [0.1, 0.15) is 10.8 Å². The minimum absolute atomic E-state index is 0.0334. The number of hydrogen-bond donors (Lipinski definition) is 0. The Morgan fingerprint density at radius 2 is 1.96 bits per heavy atom. The first-order valence-corrected chi connectivity index (χ1v) is 8.63. The van der Waals surface area contributed by atoms with E-state index in [0.29, 0.717) is 6.54 Å². The summed E-state index contributed by atoms with van der Waals surface area (Å²) >= 11 is 1.62. The van der Waals surface area contributed by atoms with Crippen LogP contribution in [0.4, 0.5) is 0 Å². The fraction of sp³-hybridized carbons (Fsp3) is 0.263. The number of ether oxygens (including phenoxy) is 1. The number of fused-ring (bicyclic) bond motifs is 1. The van der Waals surface area contributed by atoms with Gasteiger partial charge in [-0.15, -0.1) is 11.3 Å². The number of benzene rings is 2. The maximum atomic E-state index is 12.3. The quantitative estimate of drug-likeness (QED) is 0.706. The van der Waals surface area contributed by atoms with Crippen molar-refractivity contribution in [3.8, 4) is 5.75 Å². The van der Waals surface area contributed by atoms with Crippen molar-refractivity contribution < 1.29 is 9.53 Å². The summed E-state index contributed by atoms with van der Waals surface area (Å²) in [6.07, 6.45) is 0. The maximum absolute atomic E-state index is 12.3. The van der Waals surface area contributed by atoms with E-state index in [9.17, 15) is 4.79 Å². The molecule has 0 atom stereocenters. The van der Waals surface area contributed by atoms with Gasteiger partial charge in [-0.2, -0.15) is 0 Å². The monoisotopic (exact) mass is 340 g/mol. The molecule has 0 unspecified atom stereocenters. The first kappa shape index (κ1) is 16.5. The number of para-hydroxylation sites is 1. The molecular weight excluding hydrogens is 320 g/mol. The second-order valence-electron chi connectivity index (χ2n) is 5.81. The Labute approximate surface area is 145 Å². The van der Waals surface area contributed by atoms with E-state index in [1.807, 2.05) is 56.3 Å². The molecule has 0 bridgehead atoms. The van der Waals surface area contributed by atoms with Crippen LogP contribution >= 0.6 is 11.3 Å². The standard InChI is InChI=1S/C19H20N2O2S/c1-13-7-6-9-16(14(13)2)23-12-19(22)21(3)11-18-20-15-8-4-5-10-17(15)24-18/h4-10H,11-12H2,1-3H3. The zero-order valence-corrected chi connectivity index (χ0v) is 14.9. The molecule has 4 nitrogen and oxygen atoms in total. The lowest BCUT2D eigenvalue weighted by atomic mass is 10.1. The van der Waals surface area contributed by atoms with E-state index in [1.165, 1.54) is 0 Å². The van der Waals surface area contributed by atoms with Crippen LogP contribution in [0.25, 0.3) is 10.2 Å². The Kier molecular flexibility index (Phi) is 4.81. The van der Waals surface area contributed by atoms with Crippen LogP contribution in [-0.4, -0.2) is 29.4 Å². The molecule has 0 spiro atoms. The maximum Gasteiger partial charge on any atom is 0.260 e. The van der Waals surface area contributed by atoms with Crippen LogP contribution in [0.3, 0.4) is 0 Å². The van der Waals surface area contributed by atoms with Crippen LogP contribution in [-0.2, 0) is 11.3 Å². The number of carbonyl (C=O) groups is 1. The van der Waals surface area contributed by atoms with E-state index in [2.05, 4.69) is 4.98 Å². The van der Waals surface area contributed by atoms with E-state index < -0.39 is 0 Å². The Morgan fingerprint density at radius 1 is 1.17 bits per heavy atom. The summed E-state index contributed by atoms with van der Waals surface area (Å²) in [6.45, 7) is 4.56. The molecule has 2 aromatic carbocycles. The predicted octanol–water partition coefficient (Wildman–Crippen LogP) is 3.95. The largest absolute Gasteiger partial charge is 0.483 e. The number of hydrogen-bond acceptors (Lipinski definition) is 4. The van der Waals surface area contributed by atoms with Gasteiger partial charge in [0.25, 0.3) is 5.91 Å². The predicted molar refractivity (Wildman–Crippen MR) is 97.5 cm³/mol. The van der Waals surface area contributed by atoms with Crippen molar-refractivity contribution in [2.45, 2.75) is 20.4 Å². The van der Waals surface area contributed by atoms with Gasteiger partial charge in [0.15, 0.2) is 6.61 Å². The first-order valence-electron chi connectivity index (χ1n) is 7.82. The van der Waals surface area contributed by atoms with Gasteiger partial charge in [-0.3, -0.25) is 4.79 Å². The van der Waals surface area contributed by atoms with Gasteiger partial charge in [0, 0.05) is 7.05 Å². The Morgan fingerprint density at radius 3 is 2.75 bits per heavy atom. The van der Waals surface area contributed by atoms with Gasteiger partial charge in [-0.25, -0.2) is 4.98 Å². The summed E-state index contributed by atoms with van der Waals surface area (Å²) in [4.78, 5) is 18.5. The number of aromatic nitrogens is 1. The van der Waals surface area contributed by atoms with Crippen LogP contribution in [0, 0.1) is 13.8 Å². The Balaban J connectivity index is 1.61. The highest BCUT2D eigenvalue weighted by molar-refractivity contribution is 7.18. The number of carbonyl (C=O) groups excluding carboxylic acids is 1. The zero-order chi connectivity index (χ0) is 17.1. The van der Waals surface area contributed by atoms with Gasteiger partial charge in [-0.05, 0) is 43.2 Å². The second kappa shape index (κ2) is 7.01. The van der Waals surface area contributed by atoms with E-state index in [0.717, 1.165) is 32.1 Å². The summed E-state index contributed by atoms with van der Waals surface area (Å²) in [5.74, 6) is 0.701. The zero-order valence-electron chi connectivity index (χ0n) is 14.1. The van der Waals surface area contributed by atoms with Gasteiger partial charge in [0.2, 0.25) is 0 Å². The average molecular weight is 340 g/mol. The lowest BCUT2D eigenvalue weighted by molar-refractivity contribution is -0.132. The molecule has 0 N–H and O–H groups in total. The third-order valence-electron chi connectivity index (χ3n) is 4.04. The lowest BCUT2D eigenvalue weighted by Crippen LogP contribution is -2.31. The van der Waals surface area contributed by atoms with Crippen LogP contribution in [0.2, 0.25) is 0 Å².